The molecule has 31 heavy (non-hydrogen) atoms. The van der Waals surface area contributed by atoms with Crippen molar-refractivity contribution in [2.45, 2.75) is 19.8 Å². The number of rotatable bonds is 12. The van der Waals surface area contributed by atoms with Gasteiger partial charge in [-0.2, -0.15) is 5.10 Å². The van der Waals surface area contributed by atoms with Crippen molar-refractivity contribution in [1.29, 1.82) is 0 Å². The minimum atomic E-state index is 0.623. The Labute approximate surface area is 185 Å². The highest BCUT2D eigenvalue weighted by Gasteiger charge is 2.20. The molecule has 0 aliphatic carbocycles. The highest BCUT2D eigenvalue weighted by Crippen LogP contribution is 2.19. The molecule has 1 N–H and O–H groups in total. The van der Waals surface area contributed by atoms with E-state index in [1.54, 1.807) is 12.3 Å². The van der Waals surface area contributed by atoms with Gasteiger partial charge < -0.3 is 14.4 Å². The van der Waals surface area contributed by atoms with E-state index in [1.807, 2.05) is 37.3 Å². The van der Waals surface area contributed by atoms with Gasteiger partial charge in [0.05, 0.1) is 30.3 Å². The summed E-state index contributed by atoms with van der Waals surface area (Å²) in [7, 11) is 0. The molecule has 1 aliphatic heterocycles. The summed E-state index contributed by atoms with van der Waals surface area (Å²) in [4.78, 5) is 9.36. The number of allylic oxidation sites excluding steroid dienone is 2. The van der Waals surface area contributed by atoms with Crippen molar-refractivity contribution < 1.29 is 9.47 Å². The predicted molar refractivity (Wildman–Crippen MR) is 124 cm³/mol. The standard InChI is InChI=1S/C24H33N5O2/c1-4-9-23(20(3)30-5-2)29-17-15-28(16-18-29)14-6-7-19-31-24-11-8-10-21(26-24)22-12-13-25-27-22/h4,8-13H,1,3,5-7,14-19H2,2H3,(H,25,27)/b23-9+. The number of nitrogens with zero attached hydrogens (tertiary/aromatic N) is 4. The van der Waals surface area contributed by atoms with Crippen LogP contribution >= 0.6 is 0 Å². The molecule has 166 valence electrons. The van der Waals surface area contributed by atoms with E-state index in [9.17, 15) is 0 Å². The minimum absolute atomic E-state index is 0.623. The van der Waals surface area contributed by atoms with Crippen molar-refractivity contribution in [1.82, 2.24) is 25.0 Å². The van der Waals surface area contributed by atoms with Gasteiger partial charge in [0, 0.05) is 38.4 Å². The summed E-state index contributed by atoms with van der Waals surface area (Å²) in [5.41, 5.74) is 2.76. The largest absolute Gasteiger partial charge is 0.492 e. The SMILES string of the molecule is C=C/C=C(\C(=C)OCC)N1CCN(CCCCOc2cccc(-c3ccn[nH]3)n2)CC1. The molecule has 0 unspecified atom stereocenters. The average molecular weight is 424 g/mol. The Balaban J connectivity index is 1.35. The molecule has 0 spiro atoms. The lowest BCUT2D eigenvalue weighted by Crippen LogP contribution is -2.46. The smallest absolute Gasteiger partial charge is 0.213 e. The number of pyridine rings is 1. The van der Waals surface area contributed by atoms with Crippen LogP contribution in [0.2, 0.25) is 0 Å². The molecular weight excluding hydrogens is 390 g/mol. The quantitative estimate of drug-likeness (QED) is 0.318. The fraction of sp³-hybridized carbons (Fsp3) is 0.417. The molecule has 0 radical (unpaired) electrons. The van der Waals surface area contributed by atoms with E-state index in [0.717, 1.165) is 68.4 Å². The fourth-order valence-corrected chi connectivity index (χ4v) is 3.60. The number of unbranched alkanes of at least 4 members (excludes halogenated alkanes) is 1. The number of aromatic nitrogens is 3. The Morgan fingerprint density at radius 2 is 2.03 bits per heavy atom. The number of H-pyrrole nitrogens is 1. The van der Waals surface area contributed by atoms with E-state index in [-0.39, 0.29) is 0 Å². The lowest BCUT2D eigenvalue weighted by molar-refractivity contribution is 0.141. The molecule has 1 aliphatic rings. The maximum Gasteiger partial charge on any atom is 0.213 e. The molecule has 3 heterocycles. The first-order valence-electron chi connectivity index (χ1n) is 10.9. The first-order chi connectivity index (χ1) is 15.2. The number of hydrogen-bond donors (Lipinski definition) is 1. The summed E-state index contributed by atoms with van der Waals surface area (Å²) in [6.07, 6.45) is 7.60. The summed E-state index contributed by atoms with van der Waals surface area (Å²) < 4.78 is 11.4. The first kappa shape index (κ1) is 22.6. The van der Waals surface area contributed by atoms with Crippen LogP contribution in [0, 0.1) is 0 Å². The van der Waals surface area contributed by atoms with E-state index >= 15 is 0 Å². The minimum Gasteiger partial charge on any atom is -0.492 e. The molecule has 0 bridgehead atoms. The number of ether oxygens (including phenoxy) is 2. The molecule has 3 rings (SSSR count). The van der Waals surface area contributed by atoms with Gasteiger partial charge >= 0.3 is 0 Å². The van der Waals surface area contributed by atoms with Gasteiger partial charge in [-0.3, -0.25) is 10.00 Å². The average Bonchev–Trinajstić information content (AvgIpc) is 3.33. The van der Waals surface area contributed by atoms with Crippen LogP contribution in [0.15, 0.2) is 67.2 Å². The second-order valence-electron chi connectivity index (χ2n) is 7.36. The Bertz CT molecular complexity index is 855. The zero-order chi connectivity index (χ0) is 21.9. The molecular formula is C24H33N5O2. The van der Waals surface area contributed by atoms with Crippen LogP contribution in [0.3, 0.4) is 0 Å². The van der Waals surface area contributed by atoms with Crippen molar-refractivity contribution in [2.75, 3.05) is 45.9 Å². The van der Waals surface area contributed by atoms with Crippen molar-refractivity contribution in [2.24, 2.45) is 0 Å². The Kier molecular flexibility index (Phi) is 8.72. The lowest BCUT2D eigenvalue weighted by atomic mass is 10.2. The van der Waals surface area contributed by atoms with Crippen LogP contribution < -0.4 is 4.74 Å². The monoisotopic (exact) mass is 423 g/mol. The Morgan fingerprint density at radius 1 is 1.19 bits per heavy atom. The molecule has 2 aromatic heterocycles. The molecule has 0 aromatic carbocycles. The Hall–Kier alpha value is -3.06. The van der Waals surface area contributed by atoms with Crippen LogP contribution in [-0.2, 0) is 4.74 Å². The highest BCUT2D eigenvalue weighted by atomic mass is 16.5. The molecule has 0 atom stereocenters. The van der Waals surface area contributed by atoms with Crippen molar-refractivity contribution in [3.8, 4) is 17.3 Å². The van der Waals surface area contributed by atoms with E-state index in [2.05, 4.69) is 38.1 Å². The molecule has 7 heteroatoms. The summed E-state index contributed by atoms with van der Waals surface area (Å²) in [6.45, 7) is 16.2. The topological polar surface area (TPSA) is 66.5 Å². The van der Waals surface area contributed by atoms with Crippen molar-refractivity contribution in [3.05, 3.63) is 67.2 Å². The molecule has 1 saturated heterocycles. The zero-order valence-electron chi connectivity index (χ0n) is 18.4. The number of aromatic amines is 1. The molecule has 0 saturated carbocycles. The second kappa shape index (κ2) is 12.0. The van der Waals surface area contributed by atoms with Gasteiger partial charge in [-0.15, -0.1) is 0 Å². The van der Waals surface area contributed by atoms with Gasteiger partial charge in [-0.25, -0.2) is 4.98 Å². The lowest BCUT2D eigenvalue weighted by Gasteiger charge is -2.37. The molecule has 0 amide bonds. The summed E-state index contributed by atoms with van der Waals surface area (Å²) in [5, 5.41) is 6.89. The number of hydrogen-bond acceptors (Lipinski definition) is 6. The highest BCUT2D eigenvalue weighted by molar-refractivity contribution is 5.53. The summed E-state index contributed by atoms with van der Waals surface area (Å²) in [6, 6.07) is 7.69. The maximum atomic E-state index is 5.85. The van der Waals surface area contributed by atoms with Crippen molar-refractivity contribution >= 4 is 0 Å². The predicted octanol–water partition coefficient (Wildman–Crippen LogP) is 3.87. The van der Waals surface area contributed by atoms with Crippen LogP contribution in [0.1, 0.15) is 19.8 Å². The first-order valence-corrected chi connectivity index (χ1v) is 10.9. The summed E-state index contributed by atoms with van der Waals surface area (Å²) >= 11 is 0. The third-order valence-electron chi connectivity index (χ3n) is 5.21. The van der Waals surface area contributed by atoms with Crippen LogP contribution in [-0.4, -0.2) is 70.9 Å². The van der Waals surface area contributed by atoms with E-state index in [4.69, 9.17) is 9.47 Å². The number of nitrogens with one attached hydrogen (secondary N) is 1. The van der Waals surface area contributed by atoms with Gasteiger partial charge in [0.1, 0.15) is 5.76 Å². The van der Waals surface area contributed by atoms with Crippen LogP contribution in [0.25, 0.3) is 11.4 Å². The zero-order valence-corrected chi connectivity index (χ0v) is 18.4. The molecule has 1 fully saturated rings. The van der Waals surface area contributed by atoms with Crippen LogP contribution in [0.5, 0.6) is 5.88 Å². The Morgan fingerprint density at radius 3 is 2.74 bits per heavy atom. The van der Waals surface area contributed by atoms with Gasteiger partial charge in [-0.05, 0) is 44.5 Å². The van der Waals surface area contributed by atoms with E-state index < -0.39 is 0 Å². The van der Waals surface area contributed by atoms with Gasteiger partial charge in [0.25, 0.3) is 0 Å². The summed E-state index contributed by atoms with van der Waals surface area (Å²) in [5.74, 6) is 1.37. The van der Waals surface area contributed by atoms with E-state index in [1.165, 1.54) is 0 Å². The van der Waals surface area contributed by atoms with Crippen LogP contribution in [0.4, 0.5) is 0 Å². The number of piperazine rings is 1. The van der Waals surface area contributed by atoms with Gasteiger partial charge in [-0.1, -0.05) is 25.3 Å². The second-order valence-corrected chi connectivity index (χ2v) is 7.36. The fourth-order valence-electron chi connectivity index (χ4n) is 3.60. The maximum absolute atomic E-state index is 5.85. The molecule has 7 nitrogen and oxygen atoms in total. The third-order valence-corrected chi connectivity index (χ3v) is 5.21. The van der Waals surface area contributed by atoms with Crippen molar-refractivity contribution in [3.63, 3.8) is 0 Å². The molecule has 2 aromatic rings. The third kappa shape index (κ3) is 6.72. The van der Waals surface area contributed by atoms with E-state index in [0.29, 0.717) is 19.1 Å². The normalized spacial score (nSPS) is 15.0. The van der Waals surface area contributed by atoms with Gasteiger partial charge in [0.2, 0.25) is 5.88 Å². The van der Waals surface area contributed by atoms with Gasteiger partial charge in [0.15, 0.2) is 0 Å².